The van der Waals surface area contributed by atoms with Crippen LogP contribution in [0.2, 0.25) is 0 Å². The number of hydrogen-bond donors (Lipinski definition) is 1. The second kappa shape index (κ2) is 11.1. The number of hydrogen-bond acceptors (Lipinski definition) is 5. The van der Waals surface area contributed by atoms with Crippen LogP contribution < -0.4 is 9.47 Å². The molecule has 0 amide bonds. The van der Waals surface area contributed by atoms with Crippen LogP contribution in [-0.4, -0.2) is 62.2 Å². The van der Waals surface area contributed by atoms with E-state index in [1.165, 1.54) is 31.2 Å². The van der Waals surface area contributed by atoms with Crippen LogP contribution in [0.25, 0.3) is 0 Å². The zero-order valence-electron chi connectivity index (χ0n) is 16.6. The molecule has 6 heteroatoms. The highest BCUT2D eigenvalue weighted by Gasteiger charge is 2.36. The van der Waals surface area contributed by atoms with Crippen LogP contribution in [-0.2, 0) is 11.2 Å². The van der Waals surface area contributed by atoms with Crippen molar-refractivity contribution in [2.45, 2.75) is 63.1 Å². The molecule has 1 aliphatic carbocycles. The van der Waals surface area contributed by atoms with Gasteiger partial charge in [-0.05, 0) is 56.3 Å². The molecular formula is C21H34ClNO4. The predicted octanol–water partition coefficient (Wildman–Crippen LogP) is 3.45. The van der Waals surface area contributed by atoms with Gasteiger partial charge >= 0.3 is 0 Å². The standard InChI is InChI=1S/C21H33NO4.ClH/c1-24-20-10-9-16(14-21(20)25-2)11-13-26-19-8-4-3-7-18(19)22-12-5-6-17(22)15-23;/h9-10,14,17-19,23H,3-8,11-13,15H2,1-2H3;1H/t17-,18?,19?;/m1./s1. The normalized spacial score (nSPS) is 25.8. The molecule has 154 valence electrons. The first kappa shape index (κ1) is 22.3. The highest BCUT2D eigenvalue weighted by molar-refractivity contribution is 5.85. The summed E-state index contributed by atoms with van der Waals surface area (Å²) >= 11 is 0. The van der Waals surface area contributed by atoms with Gasteiger partial charge in [-0.2, -0.15) is 0 Å². The van der Waals surface area contributed by atoms with Gasteiger partial charge in [0, 0.05) is 12.1 Å². The van der Waals surface area contributed by atoms with Crippen molar-refractivity contribution in [2.24, 2.45) is 0 Å². The lowest BCUT2D eigenvalue weighted by Crippen LogP contribution is -2.49. The smallest absolute Gasteiger partial charge is 0.160 e. The maximum absolute atomic E-state index is 9.67. The number of rotatable bonds is 8. The lowest BCUT2D eigenvalue weighted by atomic mass is 9.90. The van der Waals surface area contributed by atoms with Gasteiger partial charge in [0.2, 0.25) is 0 Å². The van der Waals surface area contributed by atoms with Crippen LogP contribution in [0, 0.1) is 0 Å². The molecule has 2 aliphatic rings. The van der Waals surface area contributed by atoms with Gasteiger partial charge in [-0.3, -0.25) is 4.90 Å². The molecule has 2 unspecified atom stereocenters. The fraction of sp³-hybridized carbons (Fsp3) is 0.714. The fourth-order valence-electron chi connectivity index (χ4n) is 4.51. The molecule has 1 N–H and O–H groups in total. The largest absolute Gasteiger partial charge is 0.493 e. The lowest BCUT2D eigenvalue weighted by molar-refractivity contribution is -0.0442. The van der Waals surface area contributed by atoms with Gasteiger partial charge in [0.05, 0.1) is 33.5 Å². The van der Waals surface area contributed by atoms with E-state index in [2.05, 4.69) is 11.0 Å². The van der Waals surface area contributed by atoms with E-state index in [0.717, 1.165) is 37.3 Å². The van der Waals surface area contributed by atoms with Crippen molar-refractivity contribution in [2.75, 3.05) is 34.0 Å². The van der Waals surface area contributed by atoms with Crippen molar-refractivity contribution in [3.63, 3.8) is 0 Å². The van der Waals surface area contributed by atoms with Gasteiger partial charge in [0.25, 0.3) is 0 Å². The zero-order valence-corrected chi connectivity index (χ0v) is 17.4. The van der Waals surface area contributed by atoms with Crippen LogP contribution in [0.4, 0.5) is 0 Å². The highest BCUT2D eigenvalue weighted by Crippen LogP contribution is 2.31. The molecule has 27 heavy (non-hydrogen) atoms. The van der Waals surface area contributed by atoms with Crippen molar-refractivity contribution in [3.8, 4) is 11.5 Å². The molecule has 3 rings (SSSR count). The molecule has 0 aromatic heterocycles. The number of halogens is 1. The van der Waals surface area contributed by atoms with Crippen LogP contribution in [0.1, 0.15) is 44.1 Å². The minimum atomic E-state index is 0. The van der Waals surface area contributed by atoms with Crippen molar-refractivity contribution in [3.05, 3.63) is 23.8 Å². The summed E-state index contributed by atoms with van der Waals surface area (Å²) < 4.78 is 17.0. The molecule has 1 saturated carbocycles. The lowest BCUT2D eigenvalue weighted by Gasteiger charge is -2.40. The van der Waals surface area contributed by atoms with E-state index >= 15 is 0 Å². The Morgan fingerprint density at radius 1 is 1.04 bits per heavy atom. The fourth-order valence-corrected chi connectivity index (χ4v) is 4.51. The molecule has 1 aromatic rings. The summed E-state index contributed by atoms with van der Waals surface area (Å²) in [7, 11) is 3.32. The molecule has 0 bridgehead atoms. The summed E-state index contributed by atoms with van der Waals surface area (Å²) in [5, 5.41) is 9.67. The number of likely N-dealkylation sites (tertiary alicyclic amines) is 1. The molecule has 3 atom stereocenters. The molecule has 2 fully saturated rings. The Hall–Kier alpha value is -1.01. The first-order valence-electron chi connectivity index (χ1n) is 9.96. The Morgan fingerprint density at radius 2 is 1.81 bits per heavy atom. The van der Waals surface area contributed by atoms with Crippen LogP contribution in [0.3, 0.4) is 0 Å². The summed E-state index contributed by atoms with van der Waals surface area (Å²) in [6, 6.07) is 6.85. The molecule has 0 radical (unpaired) electrons. The summed E-state index contributed by atoms with van der Waals surface area (Å²) in [6.45, 7) is 2.09. The quantitative estimate of drug-likeness (QED) is 0.725. The topological polar surface area (TPSA) is 51.2 Å². The van der Waals surface area contributed by atoms with E-state index in [1.807, 2.05) is 12.1 Å². The zero-order chi connectivity index (χ0) is 18.4. The third-order valence-electron chi connectivity index (χ3n) is 5.90. The molecule has 0 spiro atoms. The number of ether oxygens (including phenoxy) is 3. The van der Waals surface area contributed by atoms with Crippen LogP contribution >= 0.6 is 12.4 Å². The summed E-state index contributed by atoms with van der Waals surface area (Å²) in [4.78, 5) is 2.51. The Kier molecular flexibility index (Phi) is 9.16. The molecule has 5 nitrogen and oxygen atoms in total. The maximum Gasteiger partial charge on any atom is 0.160 e. The van der Waals surface area contributed by atoms with E-state index in [9.17, 15) is 5.11 Å². The van der Waals surface area contributed by atoms with E-state index in [0.29, 0.717) is 18.7 Å². The number of nitrogens with zero attached hydrogens (tertiary/aromatic N) is 1. The maximum atomic E-state index is 9.67. The number of aliphatic hydroxyl groups is 1. The van der Waals surface area contributed by atoms with Gasteiger partial charge < -0.3 is 19.3 Å². The Labute approximate surface area is 169 Å². The SMILES string of the molecule is COc1ccc(CCOC2CCCCC2N2CCC[C@@H]2CO)cc1OC.Cl. The first-order chi connectivity index (χ1) is 12.8. The Bertz CT molecular complexity index is 571. The van der Waals surface area contributed by atoms with Crippen LogP contribution in [0.15, 0.2) is 18.2 Å². The minimum absolute atomic E-state index is 0. The van der Waals surface area contributed by atoms with Crippen molar-refractivity contribution >= 4 is 12.4 Å². The molecule has 1 heterocycles. The number of methoxy groups -OCH3 is 2. The van der Waals surface area contributed by atoms with Gasteiger partial charge in [0.15, 0.2) is 11.5 Å². The average Bonchev–Trinajstić information content (AvgIpc) is 3.16. The van der Waals surface area contributed by atoms with E-state index < -0.39 is 0 Å². The molecule has 1 aliphatic heterocycles. The van der Waals surface area contributed by atoms with Gasteiger partial charge in [0.1, 0.15) is 0 Å². The van der Waals surface area contributed by atoms with Gasteiger partial charge in [-0.1, -0.05) is 18.9 Å². The van der Waals surface area contributed by atoms with Crippen molar-refractivity contribution in [1.29, 1.82) is 0 Å². The molecular weight excluding hydrogens is 366 g/mol. The second-order valence-electron chi connectivity index (χ2n) is 7.42. The van der Waals surface area contributed by atoms with Crippen molar-refractivity contribution in [1.82, 2.24) is 4.90 Å². The summed E-state index contributed by atoms with van der Waals surface area (Å²) in [6.07, 6.45) is 8.31. The van der Waals surface area contributed by atoms with Gasteiger partial charge in [-0.15, -0.1) is 12.4 Å². The number of aliphatic hydroxyl groups excluding tert-OH is 1. The average molecular weight is 400 g/mol. The first-order valence-corrected chi connectivity index (χ1v) is 9.96. The Balaban J connectivity index is 0.00000261. The monoisotopic (exact) mass is 399 g/mol. The predicted molar refractivity (Wildman–Crippen MR) is 109 cm³/mol. The molecule has 1 saturated heterocycles. The minimum Gasteiger partial charge on any atom is -0.493 e. The third kappa shape index (κ3) is 5.50. The Morgan fingerprint density at radius 3 is 2.56 bits per heavy atom. The third-order valence-corrected chi connectivity index (χ3v) is 5.90. The van der Waals surface area contributed by atoms with E-state index in [-0.39, 0.29) is 25.1 Å². The van der Waals surface area contributed by atoms with Gasteiger partial charge in [-0.25, -0.2) is 0 Å². The van der Waals surface area contributed by atoms with E-state index in [4.69, 9.17) is 14.2 Å². The highest BCUT2D eigenvalue weighted by atomic mass is 35.5. The molecule has 1 aromatic carbocycles. The van der Waals surface area contributed by atoms with E-state index in [1.54, 1.807) is 14.2 Å². The van der Waals surface area contributed by atoms with Crippen molar-refractivity contribution < 1.29 is 19.3 Å². The second-order valence-corrected chi connectivity index (χ2v) is 7.42. The summed E-state index contributed by atoms with van der Waals surface area (Å²) in [5.74, 6) is 1.52. The number of benzene rings is 1. The summed E-state index contributed by atoms with van der Waals surface area (Å²) in [5.41, 5.74) is 1.20. The van der Waals surface area contributed by atoms with Crippen LogP contribution in [0.5, 0.6) is 11.5 Å².